The van der Waals surface area contributed by atoms with Gasteiger partial charge in [-0.15, -0.1) is 0 Å². The SMILES string of the molecule is CCc1ccc(Cn2c(=O)[nH]c3cc(OC)c(Cl)cc3c2=O)cc1. The first-order valence-electron chi connectivity index (χ1n) is 7.61. The van der Waals surface area contributed by atoms with Gasteiger partial charge in [0.1, 0.15) is 5.75 Å². The van der Waals surface area contributed by atoms with Crippen molar-refractivity contribution in [2.45, 2.75) is 19.9 Å². The van der Waals surface area contributed by atoms with Crippen LogP contribution in [0.2, 0.25) is 5.02 Å². The second-order valence-electron chi connectivity index (χ2n) is 5.52. The van der Waals surface area contributed by atoms with Crippen molar-refractivity contribution in [2.24, 2.45) is 0 Å². The molecule has 0 amide bonds. The van der Waals surface area contributed by atoms with Crippen molar-refractivity contribution in [3.8, 4) is 5.75 Å². The summed E-state index contributed by atoms with van der Waals surface area (Å²) in [7, 11) is 1.48. The minimum Gasteiger partial charge on any atom is -0.495 e. The number of hydrogen-bond acceptors (Lipinski definition) is 3. The number of aromatic amines is 1. The molecule has 2 aromatic carbocycles. The molecule has 0 atom stereocenters. The second kappa shape index (κ2) is 6.53. The maximum Gasteiger partial charge on any atom is 0.329 e. The third kappa shape index (κ3) is 2.95. The quantitative estimate of drug-likeness (QED) is 0.791. The van der Waals surface area contributed by atoms with E-state index in [1.54, 1.807) is 6.07 Å². The predicted molar refractivity (Wildman–Crippen MR) is 95.3 cm³/mol. The standard InChI is InChI=1S/C18H17ClN2O3/c1-3-11-4-6-12(7-5-11)10-21-17(22)13-8-14(19)16(24-2)9-15(13)20-18(21)23/h4-9H,3,10H2,1-2H3,(H,20,23). The Morgan fingerprint density at radius 3 is 2.42 bits per heavy atom. The summed E-state index contributed by atoms with van der Waals surface area (Å²) in [6.45, 7) is 2.28. The summed E-state index contributed by atoms with van der Waals surface area (Å²) in [4.78, 5) is 27.7. The van der Waals surface area contributed by atoms with E-state index in [1.165, 1.54) is 23.3 Å². The van der Waals surface area contributed by atoms with Crippen LogP contribution in [-0.2, 0) is 13.0 Å². The number of aromatic nitrogens is 2. The number of H-pyrrole nitrogens is 1. The molecule has 1 N–H and O–H groups in total. The monoisotopic (exact) mass is 344 g/mol. The molecule has 0 radical (unpaired) electrons. The van der Waals surface area contributed by atoms with Gasteiger partial charge in [-0.25, -0.2) is 4.79 Å². The van der Waals surface area contributed by atoms with Crippen LogP contribution < -0.4 is 16.0 Å². The van der Waals surface area contributed by atoms with E-state index in [4.69, 9.17) is 16.3 Å². The van der Waals surface area contributed by atoms with E-state index >= 15 is 0 Å². The number of ether oxygens (including phenoxy) is 1. The van der Waals surface area contributed by atoms with E-state index in [2.05, 4.69) is 11.9 Å². The molecule has 124 valence electrons. The number of fused-ring (bicyclic) bond motifs is 1. The van der Waals surface area contributed by atoms with Crippen molar-refractivity contribution in [1.82, 2.24) is 9.55 Å². The van der Waals surface area contributed by atoms with Crippen LogP contribution in [-0.4, -0.2) is 16.7 Å². The molecule has 3 aromatic rings. The van der Waals surface area contributed by atoms with Crippen LogP contribution in [0.15, 0.2) is 46.0 Å². The summed E-state index contributed by atoms with van der Waals surface area (Å²) in [5.41, 5.74) is 1.66. The molecular formula is C18H17ClN2O3. The molecule has 1 aromatic heterocycles. The van der Waals surface area contributed by atoms with Crippen LogP contribution in [0.1, 0.15) is 18.1 Å². The molecule has 0 spiro atoms. The van der Waals surface area contributed by atoms with E-state index < -0.39 is 5.69 Å². The zero-order chi connectivity index (χ0) is 17.3. The average Bonchev–Trinajstić information content (AvgIpc) is 2.59. The number of rotatable bonds is 4. The molecule has 0 aliphatic rings. The largest absolute Gasteiger partial charge is 0.495 e. The van der Waals surface area contributed by atoms with Gasteiger partial charge in [0.05, 0.1) is 29.6 Å². The Balaban J connectivity index is 2.11. The molecule has 0 saturated heterocycles. The first-order chi connectivity index (χ1) is 11.5. The Hall–Kier alpha value is -2.53. The number of nitrogens with one attached hydrogen (secondary N) is 1. The van der Waals surface area contributed by atoms with Crippen LogP contribution >= 0.6 is 11.6 Å². The van der Waals surface area contributed by atoms with Gasteiger partial charge in [-0.1, -0.05) is 42.8 Å². The second-order valence-corrected chi connectivity index (χ2v) is 5.93. The summed E-state index contributed by atoms with van der Waals surface area (Å²) in [5.74, 6) is 0.409. The van der Waals surface area contributed by atoms with Gasteiger partial charge < -0.3 is 9.72 Å². The number of benzene rings is 2. The van der Waals surface area contributed by atoms with E-state index in [-0.39, 0.29) is 12.1 Å². The zero-order valence-corrected chi connectivity index (χ0v) is 14.2. The van der Waals surface area contributed by atoms with Gasteiger partial charge >= 0.3 is 5.69 Å². The molecule has 0 fully saturated rings. The average molecular weight is 345 g/mol. The summed E-state index contributed by atoms with van der Waals surface area (Å²) in [6, 6.07) is 10.9. The van der Waals surface area contributed by atoms with Gasteiger partial charge in [-0.05, 0) is 23.6 Å². The van der Waals surface area contributed by atoms with Crippen molar-refractivity contribution in [3.63, 3.8) is 0 Å². The van der Waals surface area contributed by atoms with E-state index in [9.17, 15) is 9.59 Å². The van der Waals surface area contributed by atoms with Crippen LogP contribution in [0.3, 0.4) is 0 Å². The lowest BCUT2D eigenvalue weighted by molar-refractivity contribution is 0.415. The summed E-state index contributed by atoms with van der Waals surface area (Å²) in [5, 5.41) is 0.679. The number of halogens is 1. The van der Waals surface area contributed by atoms with Gasteiger partial charge in [0.15, 0.2) is 0 Å². The normalized spacial score (nSPS) is 11.0. The smallest absolute Gasteiger partial charge is 0.329 e. The third-order valence-electron chi connectivity index (χ3n) is 4.03. The zero-order valence-electron chi connectivity index (χ0n) is 13.4. The molecular weight excluding hydrogens is 328 g/mol. The first kappa shape index (κ1) is 16.3. The fourth-order valence-corrected chi connectivity index (χ4v) is 2.86. The lowest BCUT2D eigenvalue weighted by atomic mass is 10.1. The Morgan fingerprint density at radius 2 is 1.79 bits per heavy atom. The number of hydrogen-bond donors (Lipinski definition) is 1. The molecule has 0 saturated carbocycles. The van der Waals surface area contributed by atoms with E-state index in [0.717, 1.165) is 12.0 Å². The maximum absolute atomic E-state index is 12.7. The van der Waals surface area contributed by atoms with Crippen LogP contribution in [0.4, 0.5) is 0 Å². The van der Waals surface area contributed by atoms with Crippen LogP contribution in [0.25, 0.3) is 10.9 Å². The number of aryl methyl sites for hydroxylation is 1. The van der Waals surface area contributed by atoms with Crippen LogP contribution in [0.5, 0.6) is 5.75 Å². The highest BCUT2D eigenvalue weighted by Gasteiger charge is 2.11. The van der Waals surface area contributed by atoms with Gasteiger partial charge in [0.25, 0.3) is 5.56 Å². The summed E-state index contributed by atoms with van der Waals surface area (Å²) < 4.78 is 6.29. The predicted octanol–water partition coefficient (Wildman–Crippen LogP) is 2.96. The lowest BCUT2D eigenvalue weighted by Crippen LogP contribution is -2.35. The Bertz CT molecular complexity index is 1000. The van der Waals surface area contributed by atoms with Gasteiger partial charge in [-0.3, -0.25) is 9.36 Å². The minimum absolute atomic E-state index is 0.206. The third-order valence-corrected chi connectivity index (χ3v) is 4.32. The van der Waals surface area contributed by atoms with Gasteiger partial charge in [-0.2, -0.15) is 0 Å². The van der Waals surface area contributed by atoms with Crippen molar-refractivity contribution in [2.75, 3.05) is 7.11 Å². The summed E-state index contributed by atoms with van der Waals surface area (Å²) in [6.07, 6.45) is 0.942. The Labute approximate surface area is 143 Å². The molecule has 24 heavy (non-hydrogen) atoms. The molecule has 1 heterocycles. The Kier molecular flexibility index (Phi) is 4.44. The van der Waals surface area contributed by atoms with Gasteiger partial charge in [0, 0.05) is 6.07 Å². The maximum atomic E-state index is 12.7. The molecule has 6 heteroatoms. The minimum atomic E-state index is -0.462. The highest BCUT2D eigenvalue weighted by atomic mass is 35.5. The fraction of sp³-hybridized carbons (Fsp3) is 0.222. The molecule has 5 nitrogen and oxygen atoms in total. The van der Waals surface area contributed by atoms with Crippen molar-refractivity contribution < 1.29 is 4.74 Å². The molecule has 0 bridgehead atoms. The first-order valence-corrected chi connectivity index (χ1v) is 7.99. The highest BCUT2D eigenvalue weighted by Crippen LogP contribution is 2.27. The van der Waals surface area contributed by atoms with Crippen molar-refractivity contribution in [3.05, 3.63) is 73.4 Å². The molecule has 3 rings (SSSR count). The fourth-order valence-electron chi connectivity index (χ4n) is 2.62. The van der Waals surface area contributed by atoms with E-state index in [0.29, 0.717) is 21.7 Å². The molecule has 0 unspecified atom stereocenters. The molecule has 0 aliphatic carbocycles. The Morgan fingerprint density at radius 1 is 1.12 bits per heavy atom. The highest BCUT2D eigenvalue weighted by molar-refractivity contribution is 6.32. The number of nitrogens with zero attached hydrogens (tertiary/aromatic N) is 1. The van der Waals surface area contributed by atoms with Crippen LogP contribution in [0, 0.1) is 0 Å². The topological polar surface area (TPSA) is 64.1 Å². The lowest BCUT2D eigenvalue weighted by Gasteiger charge is -2.09. The number of methoxy groups -OCH3 is 1. The van der Waals surface area contributed by atoms with Crippen molar-refractivity contribution >= 4 is 22.5 Å². The van der Waals surface area contributed by atoms with Crippen molar-refractivity contribution in [1.29, 1.82) is 0 Å². The molecule has 0 aliphatic heterocycles. The summed E-state index contributed by atoms with van der Waals surface area (Å²) >= 11 is 6.10. The van der Waals surface area contributed by atoms with Gasteiger partial charge in [0.2, 0.25) is 0 Å². The van der Waals surface area contributed by atoms with E-state index in [1.807, 2.05) is 24.3 Å².